The fourth-order valence-electron chi connectivity index (χ4n) is 4.04. The number of carbonyl (C=O) groups is 1. The minimum Gasteiger partial charge on any atom is -0.326 e. The molecule has 2 heterocycles. The highest BCUT2D eigenvalue weighted by Gasteiger charge is 2.32. The Bertz CT molecular complexity index is 1230. The van der Waals surface area contributed by atoms with Crippen molar-refractivity contribution in [3.05, 3.63) is 48.0 Å². The van der Waals surface area contributed by atoms with Gasteiger partial charge in [-0.15, -0.1) is 5.10 Å². The summed E-state index contributed by atoms with van der Waals surface area (Å²) in [6, 6.07) is 12.8. The van der Waals surface area contributed by atoms with Gasteiger partial charge in [-0.05, 0) is 62.9 Å². The molecule has 1 fully saturated rings. The number of hydrogen-bond donors (Lipinski definition) is 1. The second kappa shape index (κ2) is 8.99. The number of sulfonamides is 1. The number of fused-ring (bicyclic) bond motifs is 1. The molecule has 1 N–H and O–H groups in total. The Hall–Kier alpha value is -2.78. The van der Waals surface area contributed by atoms with E-state index in [-0.39, 0.29) is 22.8 Å². The number of anilines is 1. The molecule has 1 aromatic heterocycles. The summed E-state index contributed by atoms with van der Waals surface area (Å²) < 4.78 is 29.7. The van der Waals surface area contributed by atoms with Crippen LogP contribution in [-0.2, 0) is 14.8 Å². The zero-order chi connectivity index (χ0) is 22.9. The van der Waals surface area contributed by atoms with Gasteiger partial charge in [-0.25, -0.2) is 13.1 Å². The second-order valence-corrected chi connectivity index (χ2v) is 10.4. The zero-order valence-electron chi connectivity index (χ0n) is 18.7. The number of hydrogen-bond acceptors (Lipinski definition) is 5. The Labute approximate surface area is 188 Å². The van der Waals surface area contributed by atoms with Crippen molar-refractivity contribution in [1.29, 1.82) is 0 Å². The van der Waals surface area contributed by atoms with Crippen molar-refractivity contribution in [2.45, 2.75) is 51.0 Å². The molecule has 1 amide bonds. The number of para-hydroxylation sites is 1. The fraction of sp³-hybridized carbons (Fsp3) is 0.435. The summed E-state index contributed by atoms with van der Waals surface area (Å²) in [5, 5.41) is 11.3. The van der Waals surface area contributed by atoms with Gasteiger partial charge in [0, 0.05) is 24.7 Å². The first-order valence-corrected chi connectivity index (χ1v) is 12.5. The summed E-state index contributed by atoms with van der Waals surface area (Å²) in [6.07, 6.45) is 1.89. The number of rotatable bonds is 6. The van der Waals surface area contributed by atoms with Gasteiger partial charge in [0.15, 0.2) is 0 Å². The maximum absolute atomic E-state index is 13.2. The van der Waals surface area contributed by atoms with Crippen LogP contribution in [0.1, 0.15) is 44.7 Å². The van der Waals surface area contributed by atoms with E-state index in [0.717, 1.165) is 23.2 Å². The fourth-order valence-corrected chi connectivity index (χ4v) is 5.53. The molecule has 32 heavy (non-hydrogen) atoms. The lowest BCUT2D eigenvalue weighted by molar-refractivity contribution is -0.120. The molecule has 0 radical (unpaired) electrons. The number of aromatic nitrogens is 3. The lowest BCUT2D eigenvalue weighted by atomic mass is 9.97. The van der Waals surface area contributed by atoms with Gasteiger partial charge >= 0.3 is 0 Å². The predicted molar refractivity (Wildman–Crippen MR) is 124 cm³/mol. The van der Waals surface area contributed by atoms with E-state index in [4.69, 9.17) is 0 Å². The Kier molecular flexibility index (Phi) is 6.30. The van der Waals surface area contributed by atoms with Crippen LogP contribution in [0.3, 0.4) is 0 Å². The van der Waals surface area contributed by atoms with Crippen LogP contribution in [0.4, 0.5) is 5.69 Å². The van der Waals surface area contributed by atoms with Gasteiger partial charge in [0.25, 0.3) is 0 Å². The first kappa shape index (κ1) is 22.4. The summed E-state index contributed by atoms with van der Waals surface area (Å²) in [5.74, 6) is -0.265. The Morgan fingerprint density at radius 2 is 1.91 bits per heavy atom. The third kappa shape index (κ3) is 4.27. The first-order valence-electron chi connectivity index (χ1n) is 11.0. The molecule has 3 aromatic rings. The second-order valence-electron chi connectivity index (χ2n) is 8.42. The van der Waals surface area contributed by atoms with Crippen molar-refractivity contribution in [2.24, 2.45) is 5.92 Å². The van der Waals surface area contributed by atoms with Crippen LogP contribution < -0.4 is 5.32 Å². The zero-order valence-corrected chi connectivity index (χ0v) is 19.5. The van der Waals surface area contributed by atoms with Crippen molar-refractivity contribution in [2.75, 3.05) is 18.4 Å². The van der Waals surface area contributed by atoms with E-state index in [2.05, 4.69) is 29.5 Å². The Morgan fingerprint density at radius 3 is 2.59 bits per heavy atom. The van der Waals surface area contributed by atoms with Gasteiger partial charge < -0.3 is 5.32 Å². The molecule has 0 unspecified atom stereocenters. The molecule has 170 valence electrons. The monoisotopic (exact) mass is 455 g/mol. The van der Waals surface area contributed by atoms with E-state index in [1.54, 1.807) is 18.2 Å². The molecule has 1 aliphatic heterocycles. The van der Waals surface area contributed by atoms with E-state index in [1.807, 2.05) is 35.9 Å². The standard InChI is InChI=1S/C23H29N5O3S/c1-4-17(3)28-22-10-9-19(15-21(22)25-26-28)32(30,31)27-13-11-18(12-14-27)23(29)24-20-8-6-5-7-16(20)2/h5-10,15,17-18H,4,11-14H2,1-3H3,(H,24,29)/t17-/m0/s1. The van der Waals surface area contributed by atoms with E-state index >= 15 is 0 Å². The van der Waals surface area contributed by atoms with Gasteiger partial charge in [0.1, 0.15) is 5.52 Å². The summed E-state index contributed by atoms with van der Waals surface area (Å²) in [7, 11) is -3.66. The number of nitrogens with zero attached hydrogens (tertiary/aromatic N) is 4. The molecular formula is C23H29N5O3S. The number of aryl methyl sites for hydroxylation is 1. The summed E-state index contributed by atoms with van der Waals surface area (Å²) in [4.78, 5) is 12.9. The third-order valence-electron chi connectivity index (χ3n) is 6.32. The normalized spacial score (nSPS) is 16.8. The van der Waals surface area contributed by atoms with Gasteiger partial charge in [-0.1, -0.05) is 30.3 Å². The van der Waals surface area contributed by atoms with Crippen molar-refractivity contribution >= 4 is 32.7 Å². The highest BCUT2D eigenvalue weighted by atomic mass is 32.2. The summed E-state index contributed by atoms with van der Waals surface area (Å²) in [6.45, 7) is 6.70. The Morgan fingerprint density at radius 1 is 1.19 bits per heavy atom. The summed E-state index contributed by atoms with van der Waals surface area (Å²) >= 11 is 0. The van der Waals surface area contributed by atoms with Crippen LogP contribution in [0.2, 0.25) is 0 Å². The van der Waals surface area contributed by atoms with E-state index in [1.165, 1.54) is 4.31 Å². The van der Waals surface area contributed by atoms with Crippen LogP contribution in [-0.4, -0.2) is 46.7 Å². The number of amides is 1. The van der Waals surface area contributed by atoms with Gasteiger partial charge in [-0.2, -0.15) is 4.31 Å². The highest BCUT2D eigenvalue weighted by Crippen LogP contribution is 2.27. The highest BCUT2D eigenvalue weighted by molar-refractivity contribution is 7.89. The minimum absolute atomic E-state index is 0.0561. The maximum Gasteiger partial charge on any atom is 0.243 e. The number of piperidine rings is 1. The molecule has 0 aliphatic carbocycles. The topological polar surface area (TPSA) is 97.2 Å². The summed E-state index contributed by atoms with van der Waals surface area (Å²) in [5.41, 5.74) is 3.19. The third-order valence-corrected chi connectivity index (χ3v) is 8.21. The van der Waals surface area contributed by atoms with Crippen molar-refractivity contribution in [3.8, 4) is 0 Å². The van der Waals surface area contributed by atoms with Gasteiger partial charge in [0.05, 0.1) is 16.5 Å². The van der Waals surface area contributed by atoms with Crippen LogP contribution in [0.25, 0.3) is 11.0 Å². The molecule has 0 spiro atoms. The predicted octanol–water partition coefficient (Wildman–Crippen LogP) is 3.75. The number of nitrogens with one attached hydrogen (secondary N) is 1. The minimum atomic E-state index is -3.66. The van der Waals surface area contributed by atoms with Gasteiger partial charge in [-0.3, -0.25) is 4.79 Å². The van der Waals surface area contributed by atoms with Crippen LogP contribution in [0.5, 0.6) is 0 Å². The largest absolute Gasteiger partial charge is 0.326 e. The quantitative estimate of drug-likeness (QED) is 0.611. The van der Waals surface area contributed by atoms with E-state index in [9.17, 15) is 13.2 Å². The van der Waals surface area contributed by atoms with Crippen molar-refractivity contribution in [3.63, 3.8) is 0 Å². The van der Waals surface area contributed by atoms with E-state index < -0.39 is 10.0 Å². The van der Waals surface area contributed by atoms with Crippen LogP contribution in [0.15, 0.2) is 47.4 Å². The first-order chi connectivity index (χ1) is 15.3. The van der Waals surface area contributed by atoms with Crippen molar-refractivity contribution < 1.29 is 13.2 Å². The molecule has 1 saturated heterocycles. The molecule has 0 bridgehead atoms. The molecule has 1 aliphatic rings. The lowest BCUT2D eigenvalue weighted by Gasteiger charge is -2.30. The molecule has 4 rings (SSSR count). The smallest absolute Gasteiger partial charge is 0.243 e. The molecular weight excluding hydrogens is 426 g/mol. The maximum atomic E-state index is 13.2. The van der Waals surface area contributed by atoms with E-state index in [0.29, 0.717) is 31.4 Å². The van der Waals surface area contributed by atoms with Crippen molar-refractivity contribution in [1.82, 2.24) is 19.3 Å². The SMILES string of the molecule is CC[C@H](C)n1nnc2cc(S(=O)(=O)N3CCC(C(=O)Nc4ccccc4C)CC3)ccc21. The molecule has 9 heteroatoms. The molecule has 0 saturated carbocycles. The Balaban J connectivity index is 1.44. The number of carbonyl (C=O) groups excluding carboxylic acids is 1. The number of benzene rings is 2. The average molecular weight is 456 g/mol. The lowest BCUT2D eigenvalue weighted by Crippen LogP contribution is -2.41. The van der Waals surface area contributed by atoms with Crippen LogP contribution in [0, 0.1) is 12.8 Å². The molecule has 8 nitrogen and oxygen atoms in total. The average Bonchev–Trinajstić information content (AvgIpc) is 3.23. The van der Waals surface area contributed by atoms with Crippen LogP contribution >= 0.6 is 0 Å². The molecule has 1 atom stereocenters. The van der Waals surface area contributed by atoms with Gasteiger partial charge in [0.2, 0.25) is 15.9 Å². The molecule has 2 aromatic carbocycles.